The molecule has 3 aliphatic heterocycles. The fourth-order valence-electron chi connectivity index (χ4n) is 6.50. The number of piperazine rings is 1. The van der Waals surface area contributed by atoms with Gasteiger partial charge < -0.3 is 40.5 Å². The number of carboxylic acids is 2. The number of carbonyl (C=O) groups excluding carboxylic acids is 1. The van der Waals surface area contributed by atoms with Crippen LogP contribution in [0.2, 0.25) is 0 Å². The van der Waals surface area contributed by atoms with Crippen LogP contribution < -0.4 is 21.4 Å². The molecule has 1 aromatic carbocycles. The normalized spacial score (nSPS) is 20.7. The molecule has 1 amide bonds. The van der Waals surface area contributed by atoms with Crippen molar-refractivity contribution in [3.8, 4) is 0 Å². The molecule has 274 valence electrons. The van der Waals surface area contributed by atoms with Crippen LogP contribution in [0.5, 0.6) is 0 Å². The Balaban J connectivity index is 0.941. The number of pyridine rings is 1. The summed E-state index contributed by atoms with van der Waals surface area (Å²) in [5.41, 5.74) is 8.47. The molecule has 3 fully saturated rings. The van der Waals surface area contributed by atoms with Gasteiger partial charge in [0, 0.05) is 54.1 Å². The molecule has 0 spiro atoms. The van der Waals surface area contributed by atoms with Crippen LogP contribution in [0.25, 0.3) is 10.9 Å². The number of thiazole rings is 1. The van der Waals surface area contributed by atoms with Gasteiger partial charge in [-0.2, -0.15) is 5.10 Å². The van der Waals surface area contributed by atoms with E-state index in [0.717, 1.165) is 24.5 Å². The molecule has 0 bridgehead atoms. The van der Waals surface area contributed by atoms with E-state index in [4.69, 9.17) is 10.6 Å². The first-order chi connectivity index (χ1) is 25.0. The number of hydrazone groups is 1. The molecule has 7 rings (SSSR count). The summed E-state index contributed by atoms with van der Waals surface area (Å²) in [5.74, 6) is -2.55. The van der Waals surface area contributed by atoms with Crippen molar-refractivity contribution in [3.63, 3.8) is 0 Å². The smallest absolute Gasteiger partial charge is 0.352 e. The molecule has 16 nitrogen and oxygen atoms in total. The quantitative estimate of drug-likeness (QED) is 0.118. The lowest BCUT2D eigenvalue weighted by Gasteiger charge is -2.52. The lowest BCUT2D eigenvalue weighted by atomic mass is 10.0. The highest BCUT2D eigenvalue weighted by Gasteiger charge is 2.47. The van der Waals surface area contributed by atoms with Gasteiger partial charge in [0.25, 0.3) is 5.91 Å². The maximum absolute atomic E-state index is 15.4. The van der Waals surface area contributed by atoms with Crippen molar-refractivity contribution in [2.75, 3.05) is 62.0 Å². The van der Waals surface area contributed by atoms with Crippen LogP contribution in [0, 0.1) is 5.82 Å². The van der Waals surface area contributed by atoms with Gasteiger partial charge in [-0.3, -0.25) is 14.6 Å². The highest BCUT2D eigenvalue weighted by atomic mass is 32.2. The molecular weight excluding hydrogens is 738 g/mol. The second kappa shape index (κ2) is 14.7. The van der Waals surface area contributed by atoms with Gasteiger partial charge in [0.05, 0.1) is 41.3 Å². The average molecular weight is 772 g/mol. The Morgan fingerprint density at radius 1 is 1.19 bits per heavy atom. The number of benzene rings is 1. The molecule has 2 aromatic heterocycles. The topological polar surface area (TPSA) is 208 Å². The standard InChI is InChI=1S/C32H34FN9O7S3/c1-49-38-25(22-14-52-32(34)37-22)28(44)36-21-11-42-26(31(47)48)16(13-51-29(21)42)12-50-15-35-40-6-4-39(5-7-40)24-9-23-18(8-20(24)33)27(43)19(30(45)46)10-41(23)17-2-3-17/h8-10,14-15,17,21,29H,2-7,11-13H2,1H3,(H2,34,37)(H,36,44)(H,45,46)(H,47,48)/t21-,29-/m1/s1. The summed E-state index contributed by atoms with van der Waals surface area (Å²) in [7, 11) is 1.33. The summed E-state index contributed by atoms with van der Waals surface area (Å²) in [6.07, 6.45) is 3.10. The van der Waals surface area contributed by atoms with E-state index in [1.165, 1.54) is 36.4 Å². The fourth-order valence-corrected chi connectivity index (χ4v) is 9.26. The number of amides is 1. The van der Waals surface area contributed by atoms with Gasteiger partial charge in [0.15, 0.2) is 10.8 Å². The number of aromatic carboxylic acids is 1. The molecular formula is C32H34FN9O7S3. The number of nitrogens with two attached hydrogens (primary N) is 1. The maximum atomic E-state index is 15.4. The number of halogens is 1. The molecule has 5 N–H and O–H groups in total. The average Bonchev–Trinajstić information content (AvgIpc) is 3.87. The third-order valence-corrected chi connectivity index (χ3v) is 12.1. The molecule has 4 aliphatic rings. The number of hydrogen-bond acceptors (Lipinski definition) is 15. The van der Waals surface area contributed by atoms with Gasteiger partial charge in [-0.15, -0.1) is 34.9 Å². The Kier molecular flexibility index (Phi) is 10.0. The van der Waals surface area contributed by atoms with Gasteiger partial charge in [0.1, 0.15) is 29.9 Å². The monoisotopic (exact) mass is 771 g/mol. The van der Waals surface area contributed by atoms with Gasteiger partial charge >= 0.3 is 11.9 Å². The first-order valence-electron chi connectivity index (χ1n) is 16.3. The molecule has 1 saturated carbocycles. The molecule has 3 aromatic rings. The highest BCUT2D eigenvalue weighted by molar-refractivity contribution is 8.12. The number of aliphatic carboxylic acids is 1. The third-order valence-electron chi connectivity index (χ3n) is 9.19. The van der Waals surface area contributed by atoms with Crippen LogP contribution in [0.3, 0.4) is 0 Å². The second-order valence-electron chi connectivity index (χ2n) is 12.5. The molecule has 0 radical (unpaired) electrons. The van der Waals surface area contributed by atoms with Gasteiger partial charge in [-0.25, -0.2) is 19.0 Å². The number of oxime groups is 1. The number of nitrogens with one attached hydrogen (secondary N) is 1. The van der Waals surface area contributed by atoms with Crippen LogP contribution in [-0.4, -0.2) is 122 Å². The zero-order chi connectivity index (χ0) is 36.7. The molecule has 5 heterocycles. The summed E-state index contributed by atoms with van der Waals surface area (Å²) in [6, 6.07) is 2.57. The predicted molar refractivity (Wildman–Crippen MR) is 198 cm³/mol. The Bertz CT molecular complexity index is 2090. The van der Waals surface area contributed by atoms with Crippen molar-refractivity contribution in [1.82, 2.24) is 24.8 Å². The van der Waals surface area contributed by atoms with Crippen LogP contribution in [0.15, 0.2) is 50.0 Å². The van der Waals surface area contributed by atoms with Crippen LogP contribution in [-0.2, 0) is 14.4 Å². The molecule has 1 aliphatic carbocycles. The summed E-state index contributed by atoms with van der Waals surface area (Å²) < 4.78 is 17.1. The van der Waals surface area contributed by atoms with Crippen molar-refractivity contribution in [3.05, 3.63) is 62.3 Å². The Morgan fingerprint density at radius 3 is 2.62 bits per heavy atom. The SMILES string of the molecule is CON=C(C(=O)N[C@@H]1CN2C(C(=O)O)=C(CSC=NN3CCN(c4cc5c(cc4F)c(=O)c(C(=O)O)cn5C4CC4)CC3)CS[C@H]12)c1csc(N)n1. The third kappa shape index (κ3) is 7.01. The van der Waals surface area contributed by atoms with Crippen molar-refractivity contribution in [2.24, 2.45) is 10.3 Å². The molecule has 2 atom stereocenters. The zero-order valence-electron chi connectivity index (χ0n) is 27.7. The minimum absolute atomic E-state index is 0.0135. The molecule has 0 unspecified atom stereocenters. The summed E-state index contributed by atoms with van der Waals surface area (Å²) in [4.78, 5) is 62.4. The molecule has 20 heteroatoms. The van der Waals surface area contributed by atoms with Crippen LogP contribution >= 0.6 is 34.9 Å². The fraction of sp³-hybridized carbons (Fsp3) is 0.406. The van der Waals surface area contributed by atoms with Crippen molar-refractivity contribution in [2.45, 2.75) is 30.3 Å². The number of thioether (sulfide) groups is 2. The lowest BCUT2D eigenvalue weighted by molar-refractivity contribution is -0.135. The van der Waals surface area contributed by atoms with Gasteiger partial charge in [-0.1, -0.05) is 5.16 Å². The minimum atomic E-state index is -1.33. The number of fused-ring (bicyclic) bond motifs is 2. The highest BCUT2D eigenvalue weighted by Crippen LogP contribution is 2.40. The van der Waals surface area contributed by atoms with E-state index in [1.807, 2.05) is 9.91 Å². The zero-order valence-corrected chi connectivity index (χ0v) is 30.2. The Labute approximate surface area is 308 Å². The van der Waals surface area contributed by atoms with Crippen molar-refractivity contribution < 1.29 is 33.8 Å². The van der Waals surface area contributed by atoms with Gasteiger partial charge in [0.2, 0.25) is 5.43 Å². The number of anilines is 2. The van der Waals surface area contributed by atoms with Crippen LogP contribution in [0.4, 0.5) is 15.2 Å². The summed E-state index contributed by atoms with van der Waals surface area (Å²) >= 11 is 4.10. The predicted octanol–water partition coefficient (Wildman–Crippen LogP) is 2.27. The lowest BCUT2D eigenvalue weighted by Crippen LogP contribution is -2.67. The molecule has 52 heavy (non-hydrogen) atoms. The number of aromatic nitrogens is 2. The Morgan fingerprint density at radius 2 is 1.96 bits per heavy atom. The largest absolute Gasteiger partial charge is 0.477 e. The Hall–Kier alpha value is -4.82. The van der Waals surface area contributed by atoms with E-state index < -0.39 is 29.1 Å². The van der Waals surface area contributed by atoms with E-state index >= 15 is 4.39 Å². The number of carboxylic acid groups (broad SMARTS) is 2. The maximum Gasteiger partial charge on any atom is 0.352 e. The van der Waals surface area contributed by atoms with E-state index in [9.17, 15) is 29.4 Å². The first kappa shape index (κ1) is 35.6. The van der Waals surface area contributed by atoms with Crippen LogP contribution in [0.1, 0.15) is 34.9 Å². The van der Waals surface area contributed by atoms with E-state index in [-0.39, 0.29) is 44.9 Å². The number of hydrogen-bond donors (Lipinski definition) is 4. The van der Waals surface area contributed by atoms with E-state index in [0.29, 0.717) is 61.1 Å². The van der Waals surface area contributed by atoms with Gasteiger partial charge in [-0.05, 0) is 30.5 Å². The second-order valence-corrected chi connectivity index (χ2v) is 15.3. The summed E-state index contributed by atoms with van der Waals surface area (Å²) in [6.45, 7) is 2.28. The summed E-state index contributed by atoms with van der Waals surface area (Å²) in [5, 5.41) is 34.4. The van der Waals surface area contributed by atoms with E-state index in [2.05, 4.69) is 20.6 Å². The number of rotatable bonds is 12. The number of nitrogen functional groups attached to an aromatic ring is 1. The molecule has 2 saturated heterocycles. The minimum Gasteiger partial charge on any atom is -0.477 e. The first-order valence-corrected chi connectivity index (χ1v) is 19.2. The van der Waals surface area contributed by atoms with Crippen molar-refractivity contribution in [1.29, 1.82) is 0 Å². The van der Waals surface area contributed by atoms with Crippen molar-refractivity contribution >= 4 is 85.7 Å². The van der Waals surface area contributed by atoms with E-state index in [1.54, 1.807) is 38.2 Å². The number of carbonyl (C=O) groups is 3. The number of nitrogens with zero attached hydrogens (tertiary/aromatic N) is 7.